The number of aryl methyl sites for hydroxylation is 1. The lowest BCUT2D eigenvalue weighted by atomic mass is 10.0. The number of amides is 2. The zero-order valence-corrected chi connectivity index (χ0v) is 16.5. The van der Waals surface area contributed by atoms with Crippen LogP contribution in [0.5, 0.6) is 0 Å². The fourth-order valence-corrected chi connectivity index (χ4v) is 2.61. The summed E-state index contributed by atoms with van der Waals surface area (Å²) in [6, 6.07) is 0. The van der Waals surface area contributed by atoms with Gasteiger partial charge in [-0.05, 0) is 46.0 Å². The van der Waals surface area contributed by atoms with Crippen LogP contribution in [0.25, 0.3) is 0 Å². The van der Waals surface area contributed by atoms with Gasteiger partial charge in [-0.25, -0.2) is 14.6 Å². The van der Waals surface area contributed by atoms with Gasteiger partial charge in [0.2, 0.25) is 11.7 Å². The molecule has 1 aliphatic carbocycles. The molecule has 0 aliphatic heterocycles. The number of nitrogens with zero attached hydrogens (tertiary/aromatic N) is 2. The maximum Gasteiger partial charge on any atom is 0.407 e. The lowest BCUT2D eigenvalue weighted by molar-refractivity contribution is -0.117. The van der Waals surface area contributed by atoms with Crippen LogP contribution >= 0.6 is 0 Å². The SMILES string of the molecule is CCOC(=O)c1nc(NC(=O)CC2(CNC(=O)OC(C)(C)C)CC2)cn1C. The van der Waals surface area contributed by atoms with E-state index in [0.717, 1.165) is 12.8 Å². The molecule has 1 fully saturated rings. The lowest BCUT2D eigenvalue weighted by Crippen LogP contribution is -2.36. The molecule has 0 atom stereocenters. The Hall–Kier alpha value is -2.58. The molecule has 1 heterocycles. The second-order valence-electron chi connectivity index (χ2n) is 7.86. The summed E-state index contributed by atoms with van der Waals surface area (Å²) in [6.45, 7) is 7.73. The van der Waals surface area contributed by atoms with Gasteiger partial charge in [-0.15, -0.1) is 0 Å². The van der Waals surface area contributed by atoms with Crippen LogP contribution in [-0.2, 0) is 21.3 Å². The fraction of sp³-hybridized carbons (Fsp3) is 0.667. The second-order valence-corrected chi connectivity index (χ2v) is 7.86. The predicted octanol–water partition coefficient (Wildman–Crippen LogP) is 2.23. The van der Waals surface area contributed by atoms with Crippen molar-refractivity contribution in [3.05, 3.63) is 12.0 Å². The Morgan fingerprint density at radius 3 is 2.52 bits per heavy atom. The molecule has 1 aliphatic rings. The van der Waals surface area contributed by atoms with E-state index in [0.29, 0.717) is 12.4 Å². The number of imidazole rings is 1. The van der Waals surface area contributed by atoms with Crippen molar-refractivity contribution in [2.45, 2.75) is 52.6 Å². The van der Waals surface area contributed by atoms with E-state index in [1.165, 1.54) is 4.57 Å². The Morgan fingerprint density at radius 1 is 1.30 bits per heavy atom. The fourth-order valence-electron chi connectivity index (χ4n) is 2.61. The largest absolute Gasteiger partial charge is 0.460 e. The molecule has 0 aromatic carbocycles. The summed E-state index contributed by atoms with van der Waals surface area (Å²) in [7, 11) is 1.65. The van der Waals surface area contributed by atoms with E-state index >= 15 is 0 Å². The number of hydrogen-bond donors (Lipinski definition) is 2. The van der Waals surface area contributed by atoms with Crippen molar-refractivity contribution in [2.75, 3.05) is 18.5 Å². The third-order valence-corrected chi connectivity index (χ3v) is 4.10. The summed E-state index contributed by atoms with van der Waals surface area (Å²) >= 11 is 0. The highest BCUT2D eigenvalue weighted by Crippen LogP contribution is 2.48. The molecule has 0 bridgehead atoms. The maximum absolute atomic E-state index is 12.3. The average Bonchev–Trinajstić information content (AvgIpc) is 3.18. The molecule has 0 unspecified atom stereocenters. The van der Waals surface area contributed by atoms with Crippen LogP contribution in [0.15, 0.2) is 6.20 Å². The van der Waals surface area contributed by atoms with Crippen LogP contribution in [0, 0.1) is 5.41 Å². The van der Waals surface area contributed by atoms with E-state index in [-0.39, 0.29) is 30.2 Å². The van der Waals surface area contributed by atoms with Gasteiger partial charge in [-0.2, -0.15) is 0 Å². The van der Waals surface area contributed by atoms with E-state index in [1.807, 2.05) is 0 Å². The van der Waals surface area contributed by atoms with Crippen LogP contribution in [0.3, 0.4) is 0 Å². The molecule has 9 nitrogen and oxygen atoms in total. The Kier molecular flexibility index (Phi) is 6.12. The summed E-state index contributed by atoms with van der Waals surface area (Å²) in [5.74, 6) is -0.339. The average molecular weight is 380 g/mol. The third kappa shape index (κ3) is 6.26. The molecular formula is C18H28N4O5. The zero-order valence-electron chi connectivity index (χ0n) is 16.5. The van der Waals surface area contributed by atoms with E-state index < -0.39 is 17.7 Å². The standard InChI is InChI=1S/C18H28N4O5/c1-6-26-15(24)14-21-12(10-22(14)5)20-13(23)9-18(7-8-18)11-19-16(25)27-17(2,3)4/h10H,6-9,11H2,1-5H3,(H,19,25)(H,20,23). The highest BCUT2D eigenvalue weighted by atomic mass is 16.6. The van der Waals surface area contributed by atoms with E-state index in [2.05, 4.69) is 15.6 Å². The number of ether oxygens (including phenoxy) is 2. The zero-order chi connectivity index (χ0) is 20.2. The number of alkyl carbamates (subject to hydrolysis) is 1. The molecule has 9 heteroatoms. The smallest absolute Gasteiger partial charge is 0.407 e. The molecule has 2 rings (SSSR count). The number of nitrogens with one attached hydrogen (secondary N) is 2. The predicted molar refractivity (Wildman–Crippen MR) is 98.3 cm³/mol. The van der Waals surface area contributed by atoms with Gasteiger partial charge in [0.15, 0.2) is 5.82 Å². The summed E-state index contributed by atoms with van der Waals surface area (Å²) in [6.07, 6.45) is 3.04. The van der Waals surface area contributed by atoms with Gasteiger partial charge in [-0.3, -0.25) is 4.79 Å². The monoisotopic (exact) mass is 380 g/mol. The van der Waals surface area contributed by atoms with E-state index in [4.69, 9.17) is 9.47 Å². The van der Waals surface area contributed by atoms with Crippen LogP contribution < -0.4 is 10.6 Å². The molecule has 2 N–H and O–H groups in total. The van der Waals surface area contributed by atoms with Gasteiger partial charge in [-0.1, -0.05) is 0 Å². The van der Waals surface area contributed by atoms with Gasteiger partial charge in [0.25, 0.3) is 0 Å². The second kappa shape index (κ2) is 7.98. The van der Waals surface area contributed by atoms with E-state index in [1.54, 1.807) is 40.9 Å². The van der Waals surface area contributed by atoms with Crippen LogP contribution in [-0.4, -0.2) is 46.3 Å². The van der Waals surface area contributed by atoms with Crippen LogP contribution in [0.4, 0.5) is 10.6 Å². The quantitative estimate of drug-likeness (QED) is 0.702. The van der Waals surface area contributed by atoms with Crippen molar-refractivity contribution in [3.8, 4) is 0 Å². The number of hydrogen-bond acceptors (Lipinski definition) is 6. The molecule has 27 heavy (non-hydrogen) atoms. The van der Waals surface area contributed by atoms with Gasteiger partial charge >= 0.3 is 12.1 Å². The first-order valence-corrected chi connectivity index (χ1v) is 9.01. The number of carbonyl (C=O) groups excluding carboxylic acids is 3. The first-order chi connectivity index (χ1) is 12.5. The number of esters is 1. The van der Waals surface area contributed by atoms with Crippen molar-refractivity contribution in [2.24, 2.45) is 12.5 Å². The number of aromatic nitrogens is 2. The van der Waals surface area contributed by atoms with Crippen LogP contribution in [0.2, 0.25) is 0 Å². The molecule has 150 valence electrons. The van der Waals surface area contributed by atoms with Gasteiger partial charge in [0.1, 0.15) is 5.60 Å². The Labute approximate surface area is 158 Å². The molecule has 2 amide bonds. The summed E-state index contributed by atoms with van der Waals surface area (Å²) in [4.78, 5) is 40.0. The molecular weight excluding hydrogens is 352 g/mol. The first kappa shape index (κ1) is 20.7. The molecule has 0 radical (unpaired) electrons. The minimum atomic E-state index is -0.562. The Balaban J connectivity index is 1.86. The maximum atomic E-state index is 12.3. The third-order valence-electron chi connectivity index (χ3n) is 4.10. The minimum absolute atomic E-state index is 0.125. The highest BCUT2D eigenvalue weighted by molar-refractivity contribution is 5.92. The van der Waals surface area contributed by atoms with Crippen molar-refractivity contribution in [3.63, 3.8) is 0 Å². The molecule has 0 saturated heterocycles. The summed E-state index contributed by atoms with van der Waals surface area (Å²) in [5, 5.41) is 5.43. The van der Waals surface area contributed by atoms with Crippen molar-refractivity contribution >= 4 is 23.8 Å². The molecule has 1 aromatic rings. The molecule has 1 saturated carbocycles. The van der Waals surface area contributed by atoms with Gasteiger partial charge < -0.3 is 24.7 Å². The van der Waals surface area contributed by atoms with Crippen molar-refractivity contribution < 1.29 is 23.9 Å². The van der Waals surface area contributed by atoms with E-state index in [9.17, 15) is 14.4 Å². The first-order valence-electron chi connectivity index (χ1n) is 9.01. The summed E-state index contributed by atoms with van der Waals surface area (Å²) in [5.41, 5.74) is -0.812. The number of carbonyl (C=O) groups is 3. The summed E-state index contributed by atoms with van der Waals surface area (Å²) < 4.78 is 11.6. The number of anilines is 1. The lowest BCUT2D eigenvalue weighted by Gasteiger charge is -2.21. The highest BCUT2D eigenvalue weighted by Gasteiger charge is 2.44. The van der Waals surface area contributed by atoms with Crippen LogP contribution in [0.1, 0.15) is 57.6 Å². The Morgan fingerprint density at radius 2 is 1.96 bits per heavy atom. The Bertz CT molecular complexity index is 716. The molecule has 0 spiro atoms. The normalized spacial score (nSPS) is 15.0. The topological polar surface area (TPSA) is 112 Å². The van der Waals surface area contributed by atoms with Crippen molar-refractivity contribution in [1.29, 1.82) is 0 Å². The van der Waals surface area contributed by atoms with Gasteiger partial charge in [0, 0.05) is 26.2 Å². The minimum Gasteiger partial charge on any atom is -0.460 e. The number of rotatable bonds is 7. The van der Waals surface area contributed by atoms with Crippen molar-refractivity contribution in [1.82, 2.24) is 14.9 Å². The van der Waals surface area contributed by atoms with Gasteiger partial charge in [0.05, 0.1) is 6.61 Å². The molecule has 1 aromatic heterocycles.